The topological polar surface area (TPSA) is 46.6 Å². The first-order valence-electron chi connectivity index (χ1n) is 4.62. The summed E-state index contributed by atoms with van der Waals surface area (Å²) in [6.07, 6.45) is 0.647. The van der Waals surface area contributed by atoms with Crippen molar-refractivity contribution in [1.82, 2.24) is 4.90 Å². The minimum Gasteiger partial charge on any atom is -0.442 e. The van der Waals surface area contributed by atoms with Gasteiger partial charge in [0.1, 0.15) is 0 Å². The zero-order valence-electron chi connectivity index (χ0n) is 8.58. The third-order valence-electron chi connectivity index (χ3n) is 2.02. The summed E-state index contributed by atoms with van der Waals surface area (Å²) in [5.74, 6) is -0.323. The van der Waals surface area contributed by atoms with Crippen molar-refractivity contribution >= 4 is 11.9 Å². The molecule has 1 saturated heterocycles. The van der Waals surface area contributed by atoms with E-state index in [0.717, 1.165) is 5.57 Å². The summed E-state index contributed by atoms with van der Waals surface area (Å²) in [4.78, 5) is 23.7. The van der Waals surface area contributed by atoms with Gasteiger partial charge in [0.15, 0.2) is 6.23 Å². The van der Waals surface area contributed by atoms with Crippen LogP contribution in [0.1, 0.15) is 26.7 Å². The lowest BCUT2D eigenvalue weighted by Crippen LogP contribution is -2.36. The number of likely N-dealkylation sites (tertiary alicyclic amines) is 1. The van der Waals surface area contributed by atoms with Gasteiger partial charge in [-0.1, -0.05) is 12.2 Å². The number of carbonyl (C=O) groups excluding carboxylic acids is 2. The Bertz CT molecular complexity index is 273. The van der Waals surface area contributed by atoms with Crippen molar-refractivity contribution in [2.45, 2.75) is 32.9 Å². The van der Waals surface area contributed by atoms with E-state index in [2.05, 4.69) is 6.58 Å². The van der Waals surface area contributed by atoms with E-state index in [1.807, 2.05) is 6.92 Å². The fraction of sp³-hybridized carbons (Fsp3) is 0.600. The highest BCUT2D eigenvalue weighted by atomic mass is 16.6. The number of rotatable bonds is 3. The average Bonchev–Trinajstić information content (AvgIpc) is 2.34. The van der Waals surface area contributed by atoms with Crippen molar-refractivity contribution in [2.75, 3.05) is 6.54 Å². The SMILES string of the molecule is C=C(C)CN1C(=O)CCC1OC(C)=O. The molecule has 1 unspecified atom stereocenters. The van der Waals surface area contributed by atoms with E-state index in [9.17, 15) is 9.59 Å². The maximum absolute atomic E-state index is 11.4. The molecule has 0 N–H and O–H groups in total. The van der Waals surface area contributed by atoms with Gasteiger partial charge < -0.3 is 9.64 Å². The standard InChI is InChI=1S/C10H15NO3/c1-7(2)6-11-9(13)4-5-10(11)14-8(3)12/h10H,1,4-6H2,2-3H3. The molecule has 4 heteroatoms. The Hall–Kier alpha value is -1.32. The molecule has 0 spiro atoms. The van der Waals surface area contributed by atoms with Crippen LogP contribution in [0.25, 0.3) is 0 Å². The molecule has 1 aliphatic rings. The zero-order chi connectivity index (χ0) is 10.7. The molecule has 4 nitrogen and oxygen atoms in total. The number of esters is 1. The minimum absolute atomic E-state index is 0.0271. The van der Waals surface area contributed by atoms with Crippen molar-refractivity contribution < 1.29 is 14.3 Å². The van der Waals surface area contributed by atoms with Crippen molar-refractivity contribution in [2.24, 2.45) is 0 Å². The van der Waals surface area contributed by atoms with Crippen LogP contribution in [0.15, 0.2) is 12.2 Å². The lowest BCUT2D eigenvalue weighted by atomic mass is 10.3. The van der Waals surface area contributed by atoms with Gasteiger partial charge in [-0.25, -0.2) is 0 Å². The molecule has 78 valence electrons. The molecule has 1 fully saturated rings. The van der Waals surface area contributed by atoms with E-state index in [0.29, 0.717) is 19.4 Å². The Balaban J connectivity index is 2.61. The Labute approximate surface area is 83.5 Å². The van der Waals surface area contributed by atoms with Crippen molar-refractivity contribution in [3.8, 4) is 0 Å². The van der Waals surface area contributed by atoms with Gasteiger partial charge in [-0.3, -0.25) is 9.59 Å². The van der Waals surface area contributed by atoms with Crippen LogP contribution in [-0.4, -0.2) is 29.5 Å². The normalized spacial score (nSPS) is 21.1. The van der Waals surface area contributed by atoms with Gasteiger partial charge in [-0.15, -0.1) is 0 Å². The molecule has 0 aromatic rings. The molecule has 1 aliphatic heterocycles. The van der Waals surface area contributed by atoms with Crippen molar-refractivity contribution in [3.63, 3.8) is 0 Å². The molecule has 0 bridgehead atoms. The average molecular weight is 197 g/mol. The molecule has 1 atom stereocenters. The molecule has 1 heterocycles. The van der Waals surface area contributed by atoms with Gasteiger partial charge in [0.05, 0.1) is 0 Å². The third-order valence-corrected chi connectivity index (χ3v) is 2.02. The quantitative estimate of drug-likeness (QED) is 0.502. The second-order valence-corrected chi connectivity index (χ2v) is 3.58. The van der Waals surface area contributed by atoms with Crippen LogP contribution in [0.2, 0.25) is 0 Å². The van der Waals surface area contributed by atoms with Crippen molar-refractivity contribution in [3.05, 3.63) is 12.2 Å². The van der Waals surface area contributed by atoms with Crippen LogP contribution >= 0.6 is 0 Å². The van der Waals surface area contributed by atoms with Crippen LogP contribution in [0.4, 0.5) is 0 Å². The largest absolute Gasteiger partial charge is 0.442 e. The van der Waals surface area contributed by atoms with E-state index >= 15 is 0 Å². The summed E-state index contributed by atoms with van der Waals surface area (Å²) in [5.41, 5.74) is 0.886. The predicted molar refractivity (Wildman–Crippen MR) is 51.3 cm³/mol. The minimum atomic E-state index is -0.392. The number of hydrogen-bond acceptors (Lipinski definition) is 3. The summed E-state index contributed by atoms with van der Waals surface area (Å²) in [7, 11) is 0. The van der Waals surface area contributed by atoms with E-state index in [4.69, 9.17) is 4.74 Å². The molecule has 0 aromatic carbocycles. The van der Waals surface area contributed by atoms with Crippen molar-refractivity contribution in [1.29, 1.82) is 0 Å². The van der Waals surface area contributed by atoms with E-state index in [1.54, 1.807) is 4.90 Å². The molecule has 0 aromatic heterocycles. The highest BCUT2D eigenvalue weighted by molar-refractivity contribution is 5.79. The van der Waals surface area contributed by atoms with E-state index in [-0.39, 0.29) is 11.9 Å². The fourth-order valence-electron chi connectivity index (χ4n) is 1.50. The number of hydrogen-bond donors (Lipinski definition) is 0. The summed E-state index contributed by atoms with van der Waals surface area (Å²) in [5, 5.41) is 0. The van der Waals surface area contributed by atoms with E-state index in [1.165, 1.54) is 6.92 Å². The highest BCUT2D eigenvalue weighted by Crippen LogP contribution is 2.20. The maximum atomic E-state index is 11.4. The molecule has 14 heavy (non-hydrogen) atoms. The second-order valence-electron chi connectivity index (χ2n) is 3.58. The number of carbonyl (C=O) groups is 2. The molecule has 1 amide bonds. The number of amides is 1. The van der Waals surface area contributed by atoms with E-state index < -0.39 is 6.23 Å². The van der Waals surface area contributed by atoms with Crippen LogP contribution in [0.5, 0.6) is 0 Å². The van der Waals surface area contributed by atoms with Gasteiger partial charge in [-0.05, 0) is 6.92 Å². The molecular weight excluding hydrogens is 182 g/mol. The fourth-order valence-corrected chi connectivity index (χ4v) is 1.50. The van der Waals surface area contributed by atoms with Gasteiger partial charge in [0.2, 0.25) is 5.91 Å². The van der Waals surface area contributed by atoms with Gasteiger partial charge in [0, 0.05) is 26.3 Å². The Kier molecular flexibility index (Phi) is 3.28. The third kappa shape index (κ3) is 2.58. The first kappa shape index (κ1) is 10.8. The van der Waals surface area contributed by atoms with Gasteiger partial charge >= 0.3 is 5.97 Å². The summed E-state index contributed by atoms with van der Waals surface area (Å²) < 4.78 is 5.02. The monoisotopic (exact) mass is 197 g/mol. The first-order valence-corrected chi connectivity index (χ1v) is 4.62. The maximum Gasteiger partial charge on any atom is 0.304 e. The number of ether oxygens (including phenoxy) is 1. The highest BCUT2D eigenvalue weighted by Gasteiger charge is 2.32. The second kappa shape index (κ2) is 4.26. The summed E-state index contributed by atoms with van der Waals surface area (Å²) >= 11 is 0. The zero-order valence-corrected chi connectivity index (χ0v) is 8.58. The number of nitrogens with zero attached hydrogens (tertiary/aromatic N) is 1. The Morgan fingerprint density at radius 3 is 2.79 bits per heavy atom. The van der Waals surface area contributed by atoms with Crippen LogP contribution < -0.4 is 0 Å². The van der Waals surface area contributed by atoms with Crippen LogP contribution in [-0.2, 0) is 14.3 Å². The van der Waals surface area contributed by atoms with Crippen LogP contribution in [0, 0.1) is 0 Å². The molecule has 0 saturated carbocycles. The predicted octanol–water partition coefficient (Wildman–Crippen LogP) is 1.07. The molecule has 1 rings (SSSR count). The lowest BCUT2D eigenvalue weighted by Gasteiger charge is -2.23. The van der Waals surface area contributed by atoms with Gasteiger partial charge in [0.25, 0.3) is 0 Å². The van der Waals surface area contributed by atoms with Crippen LogP contribution in [0.3, 0.4) is 0 Å². The first-order chi connectivity index (χ1) is 6.50. The molecule has 0 radical (unpaired) electrons. The Morgan fingerprint density at radius 1 is 1.64 bits per heavy atom. The summed E-state index contributed by atoms with van der Waals surface area (Å²) in [6, 6.07) is 0. The smallest absolute Gasteiger partial charge is 0.304 e. The summed E-state index contributed by atoms with van der Waals surface area (Å²) in [6.45, 7) is 7.39. The molecule has 0 aliphatic carbocycles. The Morgan fingerprint density at radius 2 is 2.29 bits per heavy atom. The van der Waals surface area contributed by atoms with Gasteiger partial charge in [-0.2, -0.15) is 0 Å². The lowest BCUT2D eigenvalue weighted by molar-refractivity contribution is -0.156. The molecular formula is C10H15NO3.